The maximum atomic E-state index is 3.87. The molecule has 2 heterocycles. The van der Waals surface area contributed by atoms with Gasteiger partial charge in [-0.05, 0) is 95.9 Å². The van der Waals surface area contributed by atoms with Crippen LogP contribution in [0.25, 0.3) is 77.0 Å². The molecule has 12 rings (SSSR count). The average Bonchev–Trinajstić information content (AvgIpc) is 3.78. The van der Waals surface area contributed by atoms with Crippen molar-refractivity contribution in [3.05, 3.63) is 228 Å². The molecule has 0 saturated carbocycles. The Morgan fingerprint density at radius 1 is 0.467 bits per heavy atom. The van der Waals surface area contributed by atoms with Gasteiger partial charge >= 0.3 is 0 Å². The van der Waals surface area contributed by atoms with Crippen molar-refractivity contribution in [1.29, 1.82) is 0 Å². The predicted molar refractivity (Wildman–Crippen MR) is 251 cm³/mol. The largest absolute Gasteiger partial charge is 0.366 e. The van der Waals surface area contributed by atoms with E-state index in [1.807, 2.05) is 0 Å². The van der Waals surface area contributed by atoms with Crippen molar-refractivity contribution < 1.29 is 0 Å². The first-order valence-corrected chi connectivity index (χ1v) is 21.1. The number of para-hydroxylation sites is 1. The van der Waals surface area contributed by atoms with Crippen molar-refractivity contribution in [3.8, 4) is 27.9 Å². The SMILES string of the molecule is CC1(C)c2c(c3ccccc3c3ccccc23)-c2ccc3c4ccccc4n(-c4cccc(-c5ccc(C6C=C(c7ccccc7)NC(c7ccccc7)N6)cc5)c4)c3c21. The van der Waals surface area contributed by atoms with Gasteiger partial charge in [0.15, 0.2) is 0 Å². The molecule has 10 aromatic rings. The highest BCUT2D eigenvalue weighted by molar-refractivity contribution is 6.21. The zero-order valence-corrected chi connectivity index (χ0v) is 33.7. The van der Waals surface area contributed by atoms with Crippen molar-refractivity contribution in [2.24, 2.45) is 0 Å². The van der Waals surface area contributed by atoms with Gasteiger partial charge in [0.2, 0.25) is 0 Å². The number of hydrogen-bond acceptors (Lipinski definition) is 2. The van der Waals surface area contributed by atoms with Crippen LogP contribution in [-0.2, 0) is 5.41 Å². The molecule has 60 heavy (non-hydrogen) atoms. The van der Waals surface area contributed by atoms with Crippen LogP contribution in [-0.4, -0.2) is 4.57 Å². The molecule has 1 aliphatic carbocycles. The Hall–Kier alpha value is -7.20. The quantitative estimate of drug-likeness (QED) is 0.171. The number of fused-ring (bicyclic) bond motifs is 12. The third-order valence-corrected chi connectivity index (χ3v) is 13.2. The summed E-state index contributed by atoms with van der Waals surface area (Å²) in [5, 5.41) is 15.5. The summed E-state index contributed by atoms with van der Waals surface area (Å²) < 4.78 is 2.54. The van der Waals surface area contributed by atoms with Crippen molar-refractivity contribution in [2.75, 3.05) is 0 Å². The second kappa shape index (κ2) is 13.4. The Morgan fingerprint density at radius 2 is 1.10 bits per heavy atom. The van der Waals surface area contributed by atoms with Gasteiger partial charge in [0.1, 0.15) is 6.17 Å². The molecule has 0 spiro atoms. The van der Waals surface area contributed by atoms with Crippen LogP contribution in [0.4, 0.5) is 0 Å². The second-order valence-electron chi connectivity index (χ2n) is 17.0. The molecular formula is C57H43N3. The zero-order valence-electron chi connectivity index (χ0n) is 33.7. The highest BCUT2D eigenvalue weighted by Gasteiger charge is 2.41. The summed E-state index contributed by atoms with van der Waals surface area (Å²) in [4.78, 5) is 0. The van der Waals surface area contributed by atoms with E-state index in [0.717, 1.165) is 5.70 Å². The van der Waals surface area contributed by atoms with Crippen molar-refractivity contribution in [1.82, 2.24) is 15.2 Å². The molecule has 2 N–H and O–H groups in total. The highest BCUT2D eigenvalue weighted by atomic mass is 15.2. The lowest BCUT2D eigenvalue weighted by atomic mass is 9.78. The van der Waals surface area contributed by atoms with E-state index in [-0.39, 0.29) is 17.6 Å². The number of rotatable bonds is 5. The summed E-state index contributed by atoms with van der Waals surface area (Å²) >= 11 is 0. The minimum absolute atomic E-state index is 0.0179. The van der Waals surface area contributed by atoms with Gasteiger partial charge in [-0.25, -0.2) is 0 Å². The van der Waals surface area contributed by atoms with Gasteiger partial charge in [-0.1, -0.05) is 190 Å². The Labute approximate surface area is 350 Å². The fourth-order valence-corrected chi connectivity index (χ4v) is 10.5. The molecule has 2 aliphatic rings. The standard InChI is InChI=1S/C57H43N3/c1-57(2)53-46-26-12-10-23-43(46)42-22-9-11-25-45(42)52(53)48-33-32-47-44-24-13-14-27-51(44)60(55(47)54(48)57)41-21-15-20-40(34-41)36-28-30-38(31-29-36)50-35-49(37-16-5-3-6-17-37)58-56(59-50)39-18-7-4-8-19-39/h3-35,50,56,58-59H,1-2H3. The summed E-state index contributed by atoms with van der Waals surface area (Å²) in [6, 6.07) is 71.3. The first kappa shape index (κ1) is 34.8. The Balaban J connectivity index is 0.985. The normalized spacial score (nSPS) is 16.8. The van der Waals surface area contributed by atoms with Crippen LogP contribution in [0.1, 0.15) is 53.9 Å². The van der Waals surface area contributed by atoms with Crippen LogP contribution >= 0.6 is 0 Å². The molecule has 2 atom stereocenters. The molecule has 0 fully saturated rings. The van der Waals surface area contributed by atoms with E-state index >= 15 is 0 Å². The first-order valence-electron chi connectivity index (χ1n) is 21.1. The lowest BCUT2D eigenvalue weighted by Gasteiger charge is -2.33. The molecular weight excluding hydrogens is 727 g/mol. The van der Waals surface area contributed by atoms with E-state index in [9.17, 15) is 0 Å². The van der Waals surface area contributed by atoms with Gasteiger partial charge < -0.3 is 9.88 Å². The molecule has 286 valence electrons. The van der Waals surface area contributed by atoms with E-state index in [0.29, 0.717) is 0 Å². The summed E-state index contributed by atoms with van der Waals surface area (Å²) in [5.41, 5.74) is 16.1. The molecule has 0 radical (unpaired) electrons. The van der Waals surface area contributed by atoms with Gasteiger partial charge in [-0.3, -0.25) is 5.32 Å². The third-order valence-electron chi connectivity index (χ3n) is 13.2. The number of nitrogens with one attached hydrogen (secondary N) is 2. The second-order valence-corrected chi connectivity index (χ2v) is 17.0. The van der Waals surface area contributed by atoms with E-state index in [1.54, 1.807) is 0 Å². The number of aromatic nitrogens is 1. The van der Waals surface area contributed by atoms with Crippen LogP contribution in [0, 0.1) is 0 Å². The fraction of sp³-hybridized carbons (Fsp3) is 0.0877. The Kier molecular flexibility index (Phi) is 7.79. The van der Waals surface area contributed by atoms with Crippen molar-refractivity contribution in [3.63, 3.8) is 0 Å². The van der Waals surface area contributed by atoms with Crippen molar-refractivity contribution in [2.45, 2.75) is 31.5 Å². The summed E-state index contributed by atoms with van der Waals surface area (Å²) in [5.74, 6) is 0. The van der Waals surface area contributed by atoms with Gasteiger partial charge in [0.25, 0.3) is 0 Å². The third kappa shape index (κ3) is 5.26. The van der Waals surface area contributed by atoms with Gasteiger partial charge in [0, 0.05) is 27.6 Å². The maximum Gasteiger partial charge on any atom is 0.104 e. The molecule has 0 saturated heterocycles. The van der Waals surface area contributed by atoms with Crippen LogP contribution in [0.5, 0.6) is 0 Å². The number of nitrogens with zero attached hydrogens (tertiary/aromatic N) is 1. The Bertz CT molecular complexity index is 3340. The topological polar surface area (TPSA) is 29.0 Å². The van der Waals surface area contributed by atoms with E-state index in [1.165, 1.54) is 99.1 Å². The maximum absolute atomic E-state index is 3.87. The lowest BCUT2D eigenvalue weighted by Crippen LogP contribution is -2.39. The number of hydrogen-bond donors (Lipinski definition) is 2. The molecule has 0 bridgehead atoms. The highest BCUT2D eigenvalue weighted by Crippen LogP contribution is 2.57. The minimum atomic E-state index is -0.246. The van der Waals surface area contributed by atoms with Crippen LogP contribution in [0.3, 0.4) is 0 Å². The van der Waals surface area contributed by atoms with Gasteiger partial charge in [0.05, 0.1) is 17.1 Å². The van der Waals surface area contributed by atoms with E-state index in [2.05, 4.69) is 229 Å². The van der Waals surface area contributed by atoms with Crippen LogP contribution < -0.4 is 10.6 Å². The van der Waals surface area contributed by atoms with Crippen LogP contribution in [0.15, 0.2) is 200 Å². The summed E-state index contributed by atoms with van der Waals surface area (Å²) in [7, 11) is 0. The smallest absolute Gasteiger partial charge is 0.104 e. The molecule has 3 heteroatoms. The summed E-state index contributed by atoms with van der Waals surface area (Å²) in [6.45, 7) is 4.88. The molecule has 3 nitrogen and oxygen atoms in total. The van der Waals surface area contributed by atoms with Crippen LogP contribution in [0.2, 0.25) is 0 Å². The molecule has 9 aromatic carbocycles. The predicted octanol–water partition coefficient (Wildman–Crippen LogP) is 14.0. The minimum Gasteiger partial charge on any atom is -0.366 e. The van der Waals surface area contributed by atoms with E-state index in [4.69, 9.17) is 0 Å². The lowest BCUT2D eigenvalue weighted by molar-refractivity contribution is 0.442. The first-order chi connectivity index (χ1) is 29.5. The van der Waals surface area contributed by atoms with E-state index < -0.39 is 0 Å². The fourth-order valence-electron chi connectivity index (χ4n) is 10.5. The Morgan fingerprint density at radius 3 is 1.87 bits per heavy atom. The number of benzene rings is 9. The summed E-state index contributed by atoms with van der Waals surface area (Å²) in [6.07, 6.45) is 2.30. The zero-order chi connectivity index (χ0) is 40.0. The van der Waals surface area contributed by atoms with Gasteiger partial charge in [-0.2, -0.15) is 0 Å². The monoisotopic (exact) mass is 769 g/mol. The average molecular weight is 770 g/mol. The molecule has 1 aromatic heterocycles. The molecule has 2 unspecified atom stereocenters. The molecule has 1 aliphatic heterocycles. The van der Waals surface area contributed by atoms with Crippen molar-refractivity contribution >= 4 is 49.0 Å². The van der Waals surface area contributed by atoms with Gasteiger partial charge in [-0.15, -0.1) is 0 Å². The molecule has 0 amide bonds.